The molecule has 1 unspecified atom stereocenters. The van der Waals surface area contributed by atoms with E-state index in [-0.39, 0.29) is 12.1 Å². The largest absolute Gasteiger partial charge is 0.481 e. The monoisotopic (exact) mass is 282 g/mol. The summed E-state index contributed by atoms with van der Waals surface area (Å²) in [4.78, 5) is 24.8. The average molecular weight is 282 g/mol. The number of tetrazole rings is 1. The minimum Gasteiger partial charge on any atom is -0.481 e. The van der Waals surface area contributed by atoms with Crippen LogP contribution in [0.15, 0.2) is 0 Å². The predicted molar refractivity (Wildman–Crippen MR) is 67.7 cm³/mol. The van der Waals surface area contributed by atoms with Crippen LogP contribution in [0.5, 0.6) is 0 Å². The molecule has 1 aromatic rings. The third-order valence-electron chi connectivity index (χ3n) is 3.76. The fourth-order valence-electron chi connectivity index (χ4n) is 2.11. The lowest BCUT2D eigenvalue weighted by Gasteiger charge is -2.36. The zero-order valence-corrected chi connectivity index (χ0v) is 11.5. The van der Waals surface area contributed by atoms with E-state index >= 15 is 0 Å². The van der Waals surface area contributed by atoms with E-state index < -0.39 is 11.4 Å². The lowest BCUT2D eigenvalue weighted by molar-refractivity contribution is -0.150. The summed E-state index contributed by atoms with van der Waals surface area (Å²) in [6, 6.07) is -0.594. The first kappa shape index (κ1) is 14.2. The Morgan fingerprint density at radius 2 is 2.10 bits per heavy atom. The SMILES string of the molecule is CC(NC(=O)N1CCC(C)(C(=O)O)CC1)c1nn[nH]n1. The minimum atomic E-state index is -0.808. The lowest BCUT2D eigenvalue weighted by Crippen LogP contribution is -2.49. The van der Waals surface area contributed by atoms with Crippen LogP contribution in [0.2, 0.25) is 0 Å². The van der Waals surface area contributed by atoms with Crippen molar-refractivity contribution >= 4 is 12.0 Å². The standard InChI is InChI=1S/C11H18N6O3/c1-7(8-13-15-16-14-8)12-10(20)17-5-3-11(2,4-6-17)9(18)19/h7H,3-6H2,1-2H3,(H,12,20)(H,18,19)(H,13,14,15,16). The molecule has 20 heavy (non-hydrogen) atoms. The number of aromatic amines is 1. The Labute approximate surface area is 115 Å². The summed E-state index contributed by atoms with van der Waals surface area (Å²) in [5.41, 5.74) is -0.740. The van der Waals surface area contributed by atoms with Crippen LogP contribution in [0.1, 0.15) is 38.6 Å². The van der Waals surface area contributed by atoms with Crippen molar-refractivity contribution < 1.29 is 14.7 Å². The van der Waals surface area contributed by atoms with Gasteiger partial charge in [-0.25, -0.2) is 4.79 Å². The molecule has 1 aliphatic heterocycles. The highest BCUT2D eigenvalue weighted by Gasteiger charge is 2.38. The zero-order chi connectivity index (χ0) is 14.8. The first-order chi connectivity index (χ1) is 9.42. The summed E-state index contributed by atoms with van der Waals surface area (Å²) in [5, 5.41) is 25.3. The highest BCUT2D eigenvalue weighted by atomic mass is 16.4. The van der Waals surface area contributed by atoms with Crippen molar-refractivity contribution in [3.63, 3.8) is 0 Å². The molecule has 1 saturated heterocycles. The van der Waals surface area contributed by atoms with Gasteiger partial charge in [-0.2, -0.15) is 5.21 Å². The summed E-state index contributed by atoms with van der Waals surface area (Å²) in [6.07, 6.45) is 0.901. The molecule has 9 nitrogen and oxygen atoms in total. The molecular weight excluding hydrogens is 264 g/mol. The number of aromatic nitrogens is 4. The Kier molecular flexibility index (Phi) is 3.86. The van der Waals surface area contributed by atoms with Crippen LogP contribution in [0.4, 0.5) is 4.79 Å². The normalized spacial score (nSPS) is 19.4. The van der Waals surface area contributed by atoms with Crippen LogP contribution in [0.25, 0.3) is 0 Å². The number of amides is 2. The molecule has 0 aromatic carbocycles. The molecule has 0 bridgehead atoms. The average Bonchev–Trinajstić information content (AvgIpc) is 2.93. The van der Waals surface area contributed by atoms with Gasteiger partial charge in [-0.1, -0.05) is 5.21 Å². The summed E-state index contributed by atoms with van der Waals surface area (Å²) >= 11 is 0. The molecule has 2 heterocycles. The highest BCUT2D eigenvalue weighted by molar-refractivity contribution is 5.77. The molecule has 2 amide bonds. The van der Waals surface area contributed by atoms with Crippen molar-refractivity contribution in [3.05, 3.63) is 5.82 Å². The van der Waals surface area contributed by atoms with Gasteiger partial charge in [0.1, 0.15) is 0 Å². The number of carboxylic acids is 1. The number of carbonyl (C=O) groups is 2. The Bertz CT molecular complexity index is 480. The third-order valence-corrected chi connectivity index (χ3v) is 3.76. The molecule has 3 N–H and O–H groups in total. The lowest BCUT2D eigenvalue weighted by atomic mass is 9.80. The fraction of sp³-hybridized carbons (Fsp3) is 0.727. The van der Waals surface area contributed by atoms with Crippen molar-refractivity contribution in [2.45, 2.75) is 32.7 Å². The Hall–Kier alpha value is -2.19. The molecule has 9 heteroatoms. The number of aliphatic carboxylic acids is 1. The summed E-state index contributed by atoms with van der Waals surface area (Å²) in [7, 11) is 0. The molecule has 1 aliphatic rings. The third kappa shape index (κ3) is 2.86. The second kappa shape index (κ2) is 5.43. The van der Waals surface area contributed by atoms with Gasteiger partial charge in [0.25, 0.3) is 0 Å². The van der Waals surface area contributed by atoms with Crippen molar-refractivity contribution in [1.82, 2.24) is 30.8 Å². The van der Waals surface area contributed by atoms with Gasteiger partial charge in [-0.15, -0.1) is 10.2 Å². The van der Waals surface area contributed by atoms with Crippen LogP contribution in [-0.2, 0) is 4.79 Å². The van der Waals surface area contributed by atoms with Crippen molar-refractivity contribution in [2.24, 2.45) is 5.41 Å². The van der Waals surface area contributed by atoms with E-state index in [2.05, 4.69) is 25.9 Å². The number of carbonyl (C=O) groups excluding carboxylic acids is 1. The summed E-state index contributed by atoms with van der Waals surface area (Å²) < 4.78 is 0. The molecule has 0 aliphatic carbocycles. The van der Waals surface area contributed by atoms with Gasteiger partial charge in [0.05, 0.1) is 11.5 Å². The first-order valence-electron chi connectivity index (χ1n) is 6.44. The van der Waals surface area contributed by atoms with E-state index in [4.69, 9.17) is 5.11 Å². The molecule has 1 atom stereocenters. The van der Waals surface area contributed by atoms with Crippen LogP contribution >= 0.6 is 0 Å². The Morgan fingerprint density at radius 1 is 1.45 bits per heavy atom. The maximum atomic E-state index is 12.1. The Balaban J connectivity index is 1.88. The maximum absolute atomic E-state index is 12.1. The molecule has 0 radical (unpaired) electrons. The molecule has 0 spiro atoms. The van der Waals surface area contributed by atoms with E-state index in [0.717, 1.165) is 0 Å². The van der Waals surface area contributed by atoms with Crippen molar-refractivity contribution in [1.29, 1.82) is 0 Å². The van der Waals surface area contributed by atoms with Gasteiger partial charge in [-0.3, -0.25) is 4.79 Å². The second-order valence-electron chi connectivity index (χ2n) is 5.29. The second-order valence-corrected chi connectivity index (χ2v) is 5.29. The van der Waals surface area contributed by atoms with E-state index in [1.807, 2.05) is 0 Å². The molecule has 1 aromatic heterocycles. The maximum Gasteiger partial charge on any atom is 0.317 e. The number of hydrogen-bond acceptors (Lipinski definition) is 5. The van der Waals surface area contributed by atoms with Crippen LogP contribution in [0, 0.1) is 5.41 Å². The summed E-state index contributed by atoms with van der Waals surface area (Å²) in [5.74, 6) is -0.400. The van der Waals surface area contributed by atoms with Crippen molar-refractivity contribution in [2.75, 3.05) is 13.1 Å². The van der Waals surface area contributed by atoms with Crippen LogP contribution < -0.4 is 5.32 Å². The number of carboxylic acid groups (broad SMARTS) is 1. The zero-order valence-electron chi connectivity index (χ0n) is 11.5. The number of urea groups is 1. The van der Waals surface area contributed by atoms with Crippen LogP contribution in [-0.4, -0.2) is 55.7 Å². The summed E-state index contributed by atoms with van der Waals surface area (Å²) in [6.45, 7) is 4.32. The molecule has 1 fully saturated rings. The van der Waals surface area contributed by atoms with E-state index in [0.29, 0.717) is 31.8 Å². The van der Waals surface area contributed by atoms with Gasteiger partial charge < -0.3 is 15.3 Å². The van der Waals surface area contributed by atoms with E-state index in [1.165, 1.54) is 0 Å². The first-order valence-corrected chi connectivity index (χ1v) is 6.44. The van der Waals surface area contributed by atoms with Gasteiger partial charge >= 0.3 is 12.0 Å². The number of rotatable bonds is 3. The minimum absolute atomic E-state index is 0.241. The number of likely N-dealkylation sites (tertiary alicyclic amines) is 1. The van der Waals surface area contributed by atoms with Gasteiger partial charge in [0, 0.05) is 13.1 Å². The number of hydrogen-bond donors (Lipinski definition) is 3. The molecule has 0 saturated carbocycles. The number of H-pyrrole nitrogens is 1. The quantitative estimate of drug-likeness (QED) is 0.725. The van der Waals surface area contributed by atoms with Crippen LogP contribution in [0.3, 0.4) is 0 Å². The molecule has 2 rings (SSSR count). The van der Waals surface area contributed by atoms with E-state index in [9.17, 15) is 9.59 Å². The number of nitrogens with zero attached hydrogens (tertiary/aromatic N) is 4. The van der Waals surface area contributed by atoms with Crippen molar-refractivity contribution in [3.8, 4) is 0 Å². The van der Waals surface area contributed by atoms with E-state index in [1.54, 1.807) is 18.7 Å². The highest BCUT2D eigenvalue weighted by Crippen LogP contribution is 2.31. The molecular formula is C11H18N6O3. The Morgan fingerprint density at radius 3 is 2.60 bits per heavy atom. The fourth-order valence-corrected chi connectivity index (χ4v) is 2.11. The number of nitrogens with one attached hydrogen (secondary N) is 2. The van der Waals surface area contributed by atoms with Gasteiger partial charge in [0.2, 0.25) is 0 Å². The topological polar surface area (TPSA) is 124 Å². The predicted octanol–water partition coefficient (Wildman–Crippen LogP) is 0.157. The molecule has 110 valence electrons. The number of piperidine rings is 1. The smallest absolute Gasteiger partial charge is 0.317 e. The van der Waals surface area contributed by atoms with Gasteiger partial charge in [0.15, 0.2) is 5.82 Å². The van der Waals surface area contributed by atoms with Gasteiger partial charge in [-0.05, 0) is 26.7 Å².